The van der Waals surface area contributed by atoms with Gasteiger partial charge in [0.05, 0.1) is 23.5 Å². The number of hydrogen-bond acceptors (Lipinski definition) is 5. The first kappa shape index (κ1) is 21.6. The lowest BCUT2D eigenvalue weighted by molar-refractivity contribution is -0.131. The molecular weight excluding hydrogens is 456 g/mol. The van der Waals surface area contributed by atoms with Gasteiger partial charge in [0.15, 0.2) is 6.04 Å². The zero-order valence-electron chi connectivity index (χ0n) is 19.4. The fraction of sp³-hybridized carbons (Fsp3) is 0.542. The van der Waals surface area contributed by atoms with Crippen molar-refractivity contribution in [1.29, 1.82) is 0 Å². The summed E-state index contributed by atoms with van der Waals surface area (Å²) in [5.74, 6) is -0.334. The molecule has 3 heterocycles. The Morgan fingerprint density at radius 3 is 2.38 bits per heavy atom. The molecular formula is C24H28N4O5S. The molecule has 10 heteroatoms. The Morgan fingerprint density at radius 1 is 1.03 bits per heavy atom. The van der Waals surface area contributed by atoms with E-state index in [0.29, 0.717) is 18.0 Å². The summed E-state index contributed by atoms with van der Waals surface area (Å²) in [6, 6.07) is 6.46. The van der Waals surface area contributed by atoms with Gasteiger partial charge in [0.1, 0.15) is 0 Å². The zero-order chi connectivity index (χ0) is 24.2. The molecule has 3 fully saturated rings. The summed E-state index contributed by atoms with van der Waals surface area (Å²) in [6.45, 7) is 6.00. The number of allylic oxidation sites excluding steroid dienone is 1. The van der Waals surface area contributed by atoms with Gasteiger partial charge in [-0.3, -0.25) is 4.79 Å². The van der Waals surface area contributed by atoms with Gasteiger partial charge in [0.2, 0.25) is 10.0 Å². The molecule has 4 aliphatic rings. The van der Waals surface area contributed by atoms with Crippen LogP contribution in [0, 0.1) is 16.7 Å². The van der Waals surface area contributed by atoms with Crippen LogP contribution in [-0.4, -0.2) is 44.4 Å². The molecule has 34 heavy (non-hydrogen) atoms. The normalized spacial score (nSPS) is 34.3. The molecule has 9 nitrogen and oxygen atoms in total. The highest BCUT2D eigenvalue weighted by atomic mass is 32.2. The molecule has 180 valence electrons. The quantitative estimate of drug-likeness (QED) is 0.605. The number of para-hydroxylation sites is 1. The molecule has 2 aliphatic carbocycles. The number of rotatable bonds is 2. The Labute approximate surface area is 197 Å². The first-order valence-corrected chi connectivity index (χ1v) is 13.4. The van der Waals surface area contributed by atoms with Crippen molar-refractivity contribution in [1.82, 2.24) is 18.2 Å². The first-order chi connectivity index (χ1) is 16.0. The summed E-state index contributed by atoms with van der Waals surface area (Å²) < 4.78 is 31.3. The molecule has 2 saturated carbocycles. The van der Waals surface area contributed by atoms with Crippen LogP contribution in [0.2, 0.25) is 0 Å². The van der Waals surface area contributed by atoms with Crippen LogP contribution in [-0.2, 0) is 14.8 Å². The van der Waals surface area contributed by atoms with Crippen LogP contribution in [0.1, 0.15) is 52.1 Å². The molecule has 1 saturated heterocycles. The van der Waals surface area contributed by atoms with E-state index in [2.05, 4.69) is 13.8 Å². The number of carbonyl (C=O) groups excluding carboxylic acids is 1. The van der Waals surface area contributed by atoms with Crippen LogP contribution in [0.3, 0.4) is 0 Å². The largest absolute Gasteiger partial charge is 0.352 e. The number of benzene rings is 1. The fourth-order valence-corrected chi connectivity index (χ4v) is 9.77. The first-order valence-electron chi connectivity index (χ1n) is 11.8. The predicted octanol–water partition coefficient (Wildman–Crippen LogP) is 1.84. The highest BCUT2D eigenvalue weighted by Crippen LogP contribution is 2.70. The molecule has 2 aliphatic heterocycles. The molecule has 1 aromatic carbocycles. The summed E-state index contributed by atoms with van der Waals surface area (Å²) in [6.07, 6.45) is 5.65. The van der Waals surface area contributed by atoms with E-state index < -0.39 is 50.9 Å². The summed E-state index contributed by atoms with van der Waals surface area (Å²) in [5, 5.41) is 0. The van der Waals surface area contributed by atoms with Crippen molar-refractivity contribution in [2.45, 2.75) is 58.2 Å². The average Bonchev–Trinajstić information content (AvgIpc) is 3.36. The number of hydrogen-bond donors (Lipinski definition) is 0. The van der Waals surface area contributed by atoms with Crippen LogP contribution in [0.4, 0.5) is 0 Å². The maximum absolute atomic E-state index is 13.9. The lowest BCUT2D eigenvalue weighted by Gasteiger charge is -2.37. The minimum absolute atomic E-state index is 0.0422. The van der Waals surface area contributed by atoms with Gasteiger partial charge >= 0.3 is 11.4 Å². The van der Waals surface area contributed by atoms with Crippen LogP contribution in [0.25, 0.3) is 5.69 Å². The molecule has 0 radical (unpaired) electrons. The third kappa shape index (κ3) is 2.44. The molecule has 2 bridgehead atoms. The van der Waals surface area contributed by atoms with E-state index in [1.54, 1.807) is 49.4 Å². The minimum atomic E-state index is -3.85. The Balaban J connectivity index is 1.48. The predicted molar refractivity (Wildman–Crippen MR) is 125 cm³/mol. The van der Waals surface area contributed by atoms with Gasteiger partial charge in [-0.2, -0.15) is 0 Å². The van der Waals surface area contributed by atoms with E-state index in [1.165, 1.54) is 4.68 Å². The van der Waals surface area contributed by atoms with Gasteiger partial charge in [0, 0.05) is 5.41 Å². The third-order valence-electron chi connectivity index (χ3n) is 9.12. The van der Waals surface area contributed by atoms with Gasteiger partial charge in [-0.25, -0.2) is 36.2 Å². The van der Waals surface area contributed by atoms with Crippen molar-refractivity contribution in [2.75, 3.05) is 5.75 Å². The molecule has 0 unspecified atom stereocenters. The Hall–Kier alpha value is -2.88. The van der Waals surface area contributed by atoms with Gasteiger partial charge in [-0.1, -0.05) is 44.2 Å². The third-order valence-corrected chi connectivity index (χ3v) is 11.0. The van der Waals surface area contributed by atoms with Crippen LogP contribution in [0.15, 0.2) is 52.1 Å². The molecule has 5 atom stereocenters. The van der Waals surface area contributed by atoms with E-state index in [-0.39, 0.29) is 11.2 Å². The average molecular weight is 485 g/mol. The SMILES string of the molecule is C[C@@H]1C=C[C@H](C(=O)N2[C@@H]3C[C@H]4CC[C@]3(CS2(=O)=O)C4(C)C)n2c(=O)n(-c3ccccc3)c(=O)n21. The van der Waals surface area contributed by atoms with Crippen LogP contribution >= 0.6 is 0 Å². The van der Waals surface area contributed by atoms with Crippen molar-refractivity contribution in [3.05, 3.63) is 63.5 Å². The van der Waals surface area contributed by atoms with E-state index in [4.69, 9.17) is 0 Å². The lowest BCUT2D eigenvalue weighted by Crippen LogP contribution is -2.49. The van der Waals surface area contributed by atoms with E-state index in [9.17, 15) is 22.8 Å². The minimum Gasteiger partial charge on any atom is -0.271 e. The van der Waals surface area contributed by atoms with Crippen LogP contribution < -0.4 is 11.4 Å². The summed E-state index contributed by atoms with van der Waals surface area (Å²) in [4.78, 5) is 40.7. The number of nitrogens with zero attached hydrogens (tertiary/aromatic N) is 4. The molecule has 1 aromatic heterocycles. The van der Waals surface area contributed by atoms with E-state index >= 15 is 0 Å². The second-order valence-electron chi connectivity index (χ2n) is 10.8. The van der Waals surface area contributed by atoms with Crippen molar-refractivity contribution in [3.8, 4) is 5.69 Å². The van der Waals surface area contributed by atoms with Crippen molar-refractivity contribution >= 4 is 15.9 Å². The molecule has 6 rings (SSSR count). The fourth-order valence-electron chi connectivity index (χ4n) is 7.22. The van der Waals surface area contributed by atoms with Gasteiger partial charge in [0.25, 0.3) is 5.91 Å². The Morgan fingerprint density at radius 2 is 1.71 bits per heavy atom. The van der Waals surface area contributed by atoms with Gasteiger partial charge < -0.3 is 0 Å². The second-order valence-corrected chi connectivity index (χ2v) is 12.6. The highest BCUT2D eigenvalue weighted by molar-refractivity contribution is 7.90. The monoisotopic (exact) mass is 484 g/mol. The molecule has 0 N–H and O–H groups in total. The topological polar surface area (TPSA) is 103 Å². The van der Waals surface area contributed by atoms with Crippen molar-refractivity contribution < 1.29 is 13.2 Å². The Bertz CT molecular complexity index is 1460. The van der Waals surface area contributed by atoms with Crippen molar-refractivity contribution in [2.24, 2.45) is 16.7 Å². The number of fused-ring (bicyclic) bond motifs is 2. The maximum Gasteiger partial charge on any atom is 0.352 e. The Kier molecular flexibility index (Phi) is 4.21. The van der Waals surface area contributed by atoms with Gasteiger partial charge in [-0.05, 0) is 49.7 Å². The smallest absolute Gasteiger partial charge is 0.271 e. The number of amides is 1. The summed E-state index contributed by atoms with van der Waals surface area (Å²) >= 11 is 0. The van der Waals surface area contributed by atoms with Gasteiger partial charge in [-0.15, -0.1) is 0 Å². The number of carbonyl (C=O) groups is 1. The van der Waals surface area contributed by atoms with Crippen LogP contribution in [0.5, 0.6) is 0 Å². The standard InChI is InChI=1S/C24H28N4O5S/c1-15-9-10-18(27-22(31)25(21(30)26(15)27)17-7-5-4-6-8-17)20(29)28-19-13-16-11-12-24(19,23(16,2)3)14-34(28,32)33/h4-10,15-16,18-19H,11-14H2,1-3H3/t15-,16-,18-,19-,24-/m1/s1. The summed E-state index contributed by atoms with van der Waals surface area (Å²) in [5.41, 5.74) is -1.46. The lowest BCUT2D eigenvalue weighted by atomic mass is 9.69. The number of sulfonamides is 1. The number of aromatic nitrogens is 3. The maximum atomic E-state index is 13.9. The zero-order valence-corrected chi connectivity index (χ0v) is 20.2. The highest BCUT2D eigenvalue weighted by Gasteiger charge is 2.72. The van der Waals surface area contributed by atoms with Crippen molar-refractivity contribution in [3.63, 3.8) is 0 Å². The van der Waals surface area contributed by atoms with E-state index in [1.807, 2.05) is 0 Å². The van der Waals surface area contributed by atoms with E-state index in [0.717, 1.165) is 26.4 Å². The molecule has 2 aromatic rings. The molecule has 1 amide bonds. The second kappa shape index (κ2) is 6.62. The summed E-state index contributed by atoms with van der Waals surface area (Å²) in [7, 11) is -3.85. The molecule has 1 spiro atoms.